The third kappa shape index (κ3) is 4.83. The van der Waals surface area contributed by atoms with E-state index < -0.39 is 5.82 Å². The fourth-order valence-electron chi connectivity index (χ4n) is 1.16. The van der Waals surface area contributed by atoms with Crippen LogP contribution < -0.4 is 5.32 Å². The maximum absolute atomic E-state index is 12.9. The predicted octanol–water partition coefficient (Wildman–Crippen LogP) is 2.76. The number of thioether (sulfide) groups is 1. The molecule has 92 valence electrons. The number of amides is 1. The predicted molar refractivity (Wildman–Crippen MR) is 73.5 cm³/mol. The van der Waals surface area contributed by atoms with Gasteiger partial charge >= 0.3 is 0 Å². The maximum atomic E-state index is 12.9. The molecule has 0 atom stereocenters. The van der Waals surface area contributed by atoms with Crippen molar-refractivity contribution in [3.63, 3.8) is 0 Å². The molecule has 0 saturated heterocycles. The normalized spacial score (nSPS) is 10.0. The number of halogens is 1. The highest BCUT2D eigenvalue weighted by molar-refractivity contribution is 7.99. The summed E-state index contributed by atoms with van der Waals surface area (Å²) in [5, 5.41) is 2.75. The van der Waals surface area contributed by atoms with E-state index in [9.17, 15) is 9.18 Å². The number of benzene rings is 1. The fourth-order valence-corrected chi connectivity index (χ4v) is 1.95. The summed E-state index contributed by atoms with van der Waals surface area (Å²) in [6.45, 7) is 4.19. The minimum absolute atomic E-state index is 0.179. The van der Waals surface area contributed by atoms with Crippen LogP contribution in [0.1, 0.15) is 10.4 Å². The van der Waals surface area contributed by atoms with Gasteiger partial charge in [-0.1, -0.05) is 6.08 Å². The Morgan fingerprint density at radius 2 is 2.35 bits per heavy atom. The highest BCUT2D eigenvalue weighted by Gasteiger charge is 2.07. The van der Waals surface area contributed by atoms with Crippen molar-refractivity contribution in [2.75, 3.05) is 18.1 Å². The Morgan fingerprint density at radius 3 is 3.00 bits per heavy atom. The topological polar surface area (TPSA) is 29.1 Å². The summed E-state index contributed by atoms with van der Waals surface area (Å²) in [6.07, 6.45) is 1.82. The van der Waals surface area contributed by atoms with Crippen LogP contribution >= 0.6 is 24.4 Å². The number of hydrogen-bond acceptors (Lipinski definition) is 3. The molecule has 0 radical (unpaired) electrons. The maximum Gasteiger partial charge on any atom is 0.251 e. The first-order chi connectivity index (χ1) is 8.15. The lowest BCUT2D eigenvalue weighted by molar-refractivity contribution is 0.0956. The zero-order valence-corrected chi connectivity index (χ0v) is 11.0. The lowest BCUT2D eigenvalue weighted by atomic mass is 10.2. The van der Waals surface area contributed by atoms with Gasteiger partial charge < -0.3 is 5.32 Å². The van der Waals surface area contributed by atoms with E-state index in [1.807, 2.05) is 6.08 Å². The lowest BCUT2D eigenvalue weighted by Crippen LogP contribution is -2.25. The zero-order chi connectivity index (χ0) is 12.7. The summed E-state index contributed by atoms with van der Waals surface area (Å²) in [6, 6.07) is 4.11. The molecule has 0 heterocycles. The number of carbonyl (C=O) groups excluding carboxylic acids is 1. The van der Waals surface area contributed by atoms with Crippen LogP contribution in [-0.2, 0) is 0 Å². The van der Waals surface area contributed by atoms with E-state index in [0.717, 1.165) is 11.5 Å². The second kappa shape index (κ2) is 7.40. The van der Waals surface area contributed by atoms with Gasteiger partial charge in [0.1, 0.15) is 5.82 Å². The molecule has 0 fully saturated rings. The summed E-state index contributed by atoms with van der Waals surface area (Å²) < 4.78 is 12.9. The van der Waals surface area contributed by atoms with Gasteiger partial charge in [0.2, 0.25) is 0 Å². The van der Waals surface area contributed by atoms with Crippen molar-refractivity contribution in [1.29, 1.82) is 0 Å². The molecule has 0 bridgehead atoms. The van der Waals surface area contributed by atoms with Gasteiger partial charge in [0, 0.05) is 28.5 Å². The van der Waals surface area contributed by atoms with Crippen molar-refractivity contribution in [3.8, 4) is 0 Å². The SMILES string of the molecule is C=CCSCCNC(=O)c1ccc(F)c(S)c1. The first kappa shape index (κ1) is 14.1. The third-order valence-electron chi connectivity index (χ3n) is 1.98. The molecular weight excluding hydrogens is 257 g/mol. The summed E-state index contributed by atoms with van der Waals surface area (Å²) in [4.78, 5) is 11.8. The van der Waals surface area contributed by atoms with E-state index in [-0.39, 0.29) is 10.8 Å². The van der Waals surface area contributed by atoms with Gasteiger partial charge in [-0.2, -0.15) is 11.8 Å². The Hall–Kier alpha value is -0.940. The van der Waals surface area contributed by atoms with Crippen molar-refractivity contribution >= 4 is 30.3 Å². The molecule has 1 N–H and O–H groups in total. The molecular formula is C12H14FNOS2. The van der Waals surface area contributed by atoms with E-state index in [4.69, 9.17) is 0 Å². The average molecular weight is 271 g/mol. The van der Waals surface area contributed by atoms with Crippen LogP contribution in [0.3, 0.4) is 0 Å². The average Bonchev–Trinajstić information content (AvgIpc) is 2.32. The van der Waals surface area contributed by atoms with E-state index in [1.165, 1.54) is 18.2 Å². The Labute approximate surface area is 110 Å². The summed E-state index contributed by atoms with van der Waals surface area (Å²) in [7, 11) is 0. The minimum Gasteiger partial charge on any atom is -0.351 e. The van der Waals surface area contributed by atoms with Gasteiger partial charge in [-0.3, -0.25) is 4.79 Å². The van der Waals surface area contributed by atoms with E-state index >= 15 is 0 Å². The Bertz CT molecular complexity index is 409. The summed E-state index contributed by atoms with van der Waals surface area (Å²) in [5.41, 5.74) is 0.421. The highest BCUT2D eigenvalue weighted by atomic mass is 32.2. The van der Waals surface area contributed by atoms with E-state index in [1.54, 1.807) is 11.8 Å². The van der Waals surface area contributed by atoms with Crippen molar-refractivity contribution in [2.45, 2.75) is 4.90 Å². The van der Waals surface area contributed by atoms with Crippen LogP contribution in [0.15, 0.2) is 35.7 Å². The lowest BCUT2D eigenvalue weighted by Gasteiger charge is -2.05. The first-order valence-electron chi connectivity index (χ1n) is 5.10. The molecule has 2 nitrogen and oxygen atoms in total. The third-order valence-corrected chi connectivity index (χ3v) is 3.28. The van der Waals surface area contributed by atoms with Gasteiger partial charge in [-0.25, -0.2) is 4.39 Å². The Balaban J connectivity index is 2.41. The van der Waals surface area contributed by atoms with Crippen molar-refractivity contribution in [2.24, 2.45) is 0 Å². The standard InChI is InChI=1S/C12H14FNOS2/c1-2-6-17-7-5-14-12(15)9-3-4-10(13)11(16)8-9/h2-4,8,16H,1,5-7H2,(H,14,15). The van der Waals surface area contributed by atoms with Gasteiger partial charge in [-0.05, 0) is 18.2 Å². The number of rotatable bonds is 6. The molecule has 0 saturated carbocycles. The van der Waals surface area contributed by atoms with Crippen LogP contribution in [0.25, 0.3) is 0 Å². The van der Waals surface area contributed by atoms with Crippen molar-refractivity contribution < 1.29 is 9.18 Å². The summed E-state index contributed by atoms with van der Waals surface area (Å²) in [5.74, 6) is 1.06. The van der Waals surface area contributed by atoms with Gasteiger partial charge in [0.15, 0.2) is 0 Å². The number of nitrogens with one attached hydrogen (secondary N) is 1. The minimum atomic E-state index is -0.425. The van der Waals surface area contributed by atoms with E-state index in [0.29, 0.717) is 12.1 Å². The van der Waals surface area contributed by atoms with Crippen molar-refractivity contribution in [3.05, 3.63) is 42.2 Å². The Kier molecular flexibility index (Phi) is 6.15. The van der Waals surface area contributed by atoms with Gasteiger partial charge in [0.05, 0.1) is 0 Å². The van der Waals surface area contributed by atoms with Gasteiger partial charge in [0.25, 0.3) is 5.91 Å². The highest BCUT2D eigenvalue weighted by Crippen LogP contribution is 2.14. The largest absolute Gasteiger partial charge is 0.351 e. The molecule has 1 amide bonds. The van der Waals surface area contributed by atoms with Gasteiger partial charge in [-0.15, -0.1) is 19.2 Å². The molecule has 0 spiro atoms. The number of hydrogen-bond donors (Lipinski definition) is 2. The second-order valence-corrected chi connectivity index (χ2v) is 4.92. The van der Waals surface area contributed by atoms with Crippen molar-refractivity contribution in [1.82, 2.24) is 5.32 Å². The monoisotopic (exact) mass is 271 g/mol. The molecule has 1 rings (SSSR count). The quantitative estimate of drug-likeness (QED) is 0.473. The Morgan fingerprint density at radius 1 is 1.59 bits per heavy atom. The first-order valence-corrected chi connectivity index (χ1v) is 6.70. The molecule has 0 unspecified atom stereocenters. The molecule has 0 aliphatic rings. The molecule has 0 aromatic heterocycles. The summed E-state index contributed by atoms with van der Waals surface area (Å²) >= 11 is 5.62. The number of thiol groups is 1. The van der Waals surface area contributed by atoms with Crippen LogP contribution in [0.5, 0.6) is 0 Å². The van der Waals surface area contributed by atoms with E-state index in [2.05, 4.69) is 24.5 Å². The number of carbonyl (C=O) groups is 1. The molecule has 1 aromatic carbocycles. The molecule has 0 aliphatic heterocycles. The molecule has 5 heteroatoms. The van der Waals surface area contributed by atoms with Crippen LogP contribution in [0.2, 0.25) is 0 Å². The van der Waals surface area contributed by atoms with Crippen LogP contribution in [0.4, 0.5) is 4.39 Å². The molecule has 0 aliphatic carbocycles. The molecule has 1 aromatic rings. The smallest absolute Gasteiger partial charge is 0.251 e. The molecule has 17 heavy (non-hydrogen) atoms. The second-order valence-electron chi connectivity index (χ2n) is 3.29. The zero-order valence-electron chi connectivity index (χ0n) is 9.28. The van der Waals surface area contributed by atoms with Crippen LogP contribution in [0, 0.1) is 5.82 Å². The fraction of sp³-hybridized carbons (Fsp3) is 0.250. The van der Waals surface area contributed by atoms with Crippen LogP contribution in [-0.4, -0.2) is 24.0 Å².